The van der Waals surface area contributed by atoms with Crippen LogP contribution in [0.25, 0.3) is 0 Å². The van der Waals surface area contributed by atoms with Gasteiger partial charge in [-0.3, -0.25) is 9.59 Å². The van der Waals surface area contributed by atoms with E-state index in [1.54, 1.807) is 10.5 Å². The summed E-state index contributed by atoms with van der Waals surface area (Å²) in [6, 6.07) is 6.27. The van der Waals surface area contributed by atoms with Gasteiger partial charge in [0.2, 0.25) is 0 Å². The summed E-state index contributed by atoms with van der Waals surface area (Å²) in [4.78, 5) is 26.2. The molecule has 3 atom stereocenters. The van der Waals surface area contributed by atoms with E-state index in [1.165, 1.54) is 45.1 Å². The molecule has 1 aromatic rings. The van der Waals surface area contributed by atoms with E-state index >= 15 is 0 Å². The molecule has 5 nitrogen and oxygen atoms in total. The Hall–Kier alpha value is -2.40. The monoisotopic (exact) mass is 448 g/mol. The Morgan fingerprint density at radius 2 is 1.91 bits per heavy atom. The first kappa shape index (κ1) is 22.4. The number of Topliss-reactive ketones (excluding diaryl/α,β-unsaturated/α-hetero) is 1. The van der Waals surface area contributed by atoms with Gasteiger partial charge in [-0.1, -0.05) is 37.1 Å². The molecule has 0 aromatic heterocycles. The molecule has 2 saturated carbocycles. The van der Waals surface area contributed by atoms with Gasteiger partial charge in [0, 0.05) is 24.1 Å². The molecule has 176 valence electrons. The van der Waals surface area contributed by atoms with Crippen molar-refractivity contribution in [2.24, 2.45) is 5.92 Å². The number of allylic oxidation sites excluding steroid dienone is 3. The Morgan fingerprint density at radius 3 is 2.55 bits per heavy atom. The van der Waals surface area contributed by atoms with Crippen LogP contribution in [-0.2, 0) is 11.3 Å². The van der Waals surface area contributed by atoms with Crippen molar-refractivity contribution in [3.05, 3.63) is 53.1 Å². The molecule has 1 saturated heterocycles. The lowest BCUT2D eigenvalue weighted by atomic mass is 9.79. The number of benzene rings is 1. The van der Waals surface area contributed by atoms with Crippen LogP contribution in [0.2, 0.25) is 0 Å². The van der Waals surface area contributed by atoms with E-state index in [4.69, 9.17) is 4.74 Å². The summed E-state index contributed by atoms with van der Waals surface area (Å²) in [6.45, 7) is 3.69. The van der Waals surface area contributed by atoms with Crippen molar-refractivity contribution in [1.82, 2.24) is 10.2 Å². The summed E-state index contributed by atoms with van der Waals surface area (Å²) in [5.41, 5.74) is 3.33. The van der Waals surface area contributed by atoms with Crippen LogP contribution >= 0.6 is 0 Å². The number of hydrogen-bond donors (Lipinski definition) is 1. The highest BCUT2D eigenvalue weighted by Gasteiger charge is 2.45. The summed E-state index contributed by atoms with van der Waals surface area (Å²) in [7, 11) is 0. The van der Waals surface area contributed by atoms with E-state index in [1.807, 2.05) is 25.1 Å². The second kappa shape index (κ2) is 9.84. The number of rotatable bonds is 4. The maximum absolute atomic E-state index is 12.5. The highest BCUT2D eigenvalue weighted by atomic mass is 16.5. The highest BCUT2D eigenvalue weighted by Crippen LogP contribution is 2.35. The van der Waals surface area contributed by atoms with Crippen LogP contribution in [0, 0.1) is 5.92 Å². The van der Waals surface area contributed by atoms with E-state index in [0.29, 0.717) is 12.6 Å². The Balaban J connectivity index is 0.000000190. The molecule has 0 radical (unpaired) electrons. The molecular weight excluding hydrogens is 412 g/mol. The molecule has 5 heteroatoms. The average molecular weight is 449 g/mol. The van der Waals surface area contributed by atoms with Gasteiger partial charge in [0.1, 0.15) is 5.75 Å². The predicted molar refractivity (Wildman–Crippen MR) is 129 cm³/mol. The third-order valence-corrected chi connectivity index (χ3v) is 7.85. The van der Waals surface area contributed by atoms with Crippen molar-refractivity contribution in [3.8, 4) is 5.75 Å². The molecule has 1 N–H and O–H groups in total. The molecule has 2 heterocycles. The minimum absolute atomic E-state index is 0.00512. The van der Waals surface area contributed by atoms with Crippen molar-refractivity contribution < 1.29 is 14.3 Å². The first-order valence-electron chi connectivity index (χ1n) is 12.8. The molecule has 3 unspecified atom stereocenters. The molecule has 1 aromatic carbocycles. The lowest BCUT2D eigenvalue weighted by Gasteiger charge is -2.37. The molecule has 0 spiro atoms. The van der Waals surface area contributed by atoms with Crippen molar-refractivity contribution in [1.29, 1.82) is 0 Å². The zero-order valence-corrected chi connectivity index (χ0v) is 19.7. The average Bonchev–Trinajstić information content (AvgIpc) is 3.13. The van der Waals surface area contributed by atoms with E-state index in [2.05, 4.69) is 23.5 Å². The zero-order valence-electron chi connectivity index (χ0n) is 19.7. The van der Waals surface area contributed by atoms with Gasteiger partial charge >= 0.3 is 0 Å². The van der Waals surface area contributed by atoms with Crippen molar-refractivity contribution in [3.63, 3.8) is 0 Å². The lowest BCUT2D eigenvalue weighted by Crippen LogP contribution is -2.52. The van der Waals surface area contributed by atoms with Crippen LogP contribution in [0.4, 0.5) is 0 Å². The molecule has 1 amide bonds. The van der Waals surface area contributed by atoms with Gasteiger partial charge < -0.3 is 15.0 Å². The summed E-state index contributed by atoms with van der Waals surface area (Å²) in [5.74, 6) is 1.15. The molecule has 2 aliphatic heterocycles. The van der Waals surface area contributed by atoms with Crippen molar-refractivity contribution >= 4 is 11.7 Å². The fourth-order valence-electron chi connectivity index (χ4n) is 5.55. The largest absolute Gasteiger partial charge is 0.490 e. The SMILES string of the molecule is C1=CCCC(C2CCN2)=C1.CC1CC(N2Cc3cc(OC4CCCCC4)ccc3C2=O)C1=O. The second-order valence-electron chi connectivity index (χ2n) is 10.2. The molecule has 0 bridgehead atoms. The third-order valence-electron chi connectivity index (χ3n) is 7.85. The number of amides is 1. The minimum atomic E-state index is -0.215. The first-order chi connectivity index (χ1) is 16.1. The zero-order chi connectivity index (χ0) is 22.8. The topological polar surface area (TPSA) is 58.6 Å². The van der Waals surface area contributed by atoms with Crippen LogP contribution in [0.1, 0.15) is 80.6 Å². The number of fused-ring (bicyclic) bond motifs is 1. The third kappa shape index (κ3) is 4.79. The number of nitrogens with one attached hydrogen (secondary N) is 1. The summed E-state index contributed by atoms with van der Waals surface area (Å²) < 4.78 is 6.09. The fourth-order valence-corrected chi connectivity index (χ4v) is 5.55. The van der Waals surface area contributed by atoms with E-state index < -0.39 is 0 Å². The fraction of sp³-hybridized carbons (Fsp3) is 0.571. The van der Waals surface area contributed by atoms with Gasteiger partial charge in [-0.15, -0.1) is 0 Å². The molecule has 5 aliphatic rings. The summed E-state index contributed by atoms with van der Waals surface area (Å²) in [6.07, 6.45) is 17.7. The highest BCUT2D eigenvalue weighted by molar-refractivity contribution is 6.03. The minimum Gasteiger partial charge on any atom is -0.490 e. The van der Waals surface area contributed by atoms with Crippen LogP contribution < -0.4 is 10.1 Å². The smallest absolute Gasteiger partial charge is 0.255 e. The molecule has 33 heavy (non-hydrogen) atoms. The quantitative estimate of drug-likeness (QED) is 0.708. The van der Waals surface area contributed by atoms with E-state index in [9.17, 15) is 9.59 Å². The predicted octanol–water partition coefficient (Wildman–Crippen LogP) is 4.96. The van der Waals surface area contributed by atoms with Crippen LogP contribution in [-0.4, -0.2) is 41.3 Å². The Bertz CT molecular complexity index is 956. The first-order valence-corrected chi connectivity index (χ1v) is 12.8. The van der Waals surface area contributed by atoms with Gasteiger partial charge in [-0.2, -0.15) is 0 Å². The van der Waals surface area contributed by atoms with Gasteiger partial charge in [0.15, 0.2) is 5.78 Å². The number of nitrogens with zero attached hydrogens (tertiary/aromatic N) is 1. The number of hydrogen-bond acceptors (Lipinski definition) is 4. The van der Waals surface area contributed by atoms with Crippen LogP contribution in [0.3, 0.4) is 0 Å². The Kier molecular flexibility index (Phi) is 6.68. The molecular formula is C28H36N2O3. The maximum atomic E-state index is 12.5. The molecule has 3 fully saturated rings. The number of carbonyl (C=O) groups is 2. The van der Waals surface area contributed by atoms with Crippen LogP contribution in [0.5, 0.6) is 5.75 Å². The molecule has 3 aliphatic carbocycles. The summed E-state index contributed by atoms with van der Waals surface area (Å²) >= 11 is 0. The van der Waals surface area contributed by atoms with Gasteiger partial charge in [0.05, 0.1) is 12.1 Å². The standard InChI is InChI=1S/C19H23NO3.C9H13N/c1-12-9-17(18(12)21)20-11-13-10-15(7-8-16(13)19(20)22)23-14-5-3-2-4-6-14;1-2-4-8(5-3-1)9-6-7-10-9/h7-8,10,12,14,17H,2-6,9,11H2,1H3;1-2,4,9-10H,3,5-7H2. The van der Waals surface area contributed by atoms with Gasteiger partial charge in [-0.05, 0) is 81.7 Å². The maximum Gasteiger partial charge on any atom is 0.255 e. The Labute approximate surface area is 197 Å². The van der Waals surface area contributed by atoms with Crippen LogP contribution in [0.15, 0.2) is 42.0 Å². The summed E-state index contributed by atoms with van der Waals surface area (Å²) in [5, 5.41) is 3.41. The number of ether oxygens (including phenoxy) is 1. The second-order valence-corrected chi connectivity index (χ2v) is 10.2. The number of ketones is 1. The van der Waals surface area contributed by atoms with Crippen molar-refractivity contribution in [2.75, 3.05) is 6.54 Å². The Morgan fingerprint density at radius 1 is 1.09 bits per heavy atom. The van der Waals surface area contributed by atoms with E-state index in [-0.39, 0.29) is 23.7 Å². The van der Waals surface area contributed by atoms with Gasteiger partial charge in [-0.25, -0.2) is 0 Å². The normalized spacial score (nSPS) is 28.8. The lowest BCUT2D eigenvalue weighted by molar-refractivity contribution is -0.135. The van der Waals surface area contributed by atoms with Gasteiger partial charge in [0.25, 0.3) is 5.91 Å². The van der Waals surface area contributed by atoms with E-state index in [0.717, 1.165) is 42.2 Å². The molecule has 6 rings (SSSR count). The number of carbonyl (C=O) groups excluding carboxylic acids is 2. The van der Waals surface area contributed by atoms with Crippen molar-refractivity contribution in [2.45, 2.75) is 89.4 Å².